The van der Waals surface area contributed by atoms with Gasteiger partial charge in [0, 0.05) is 11.1 Å². The lowest BCUT2D eigenvalue weighted by Gasteiger charge is -2.01. The number of hydrogen-bond donors (Lipinski definition) is 1. The maximum absolute atomic E-state index is 12.8. The first-order chi connectivity index (χ1) is 6.74. The van der Waals surface area contributed by atoms with Gasteiger partial charge in [0.05, 0.1) is 0 Å². The first kappa shape index (κ1) is 9.61. The van der Waals surface area contributed by atoms with Crippen molar-refractivity contribution in [1.82, 2.24) is 4.98 Å². The maximum Gasteiger partial charge on any atom is 0.188 e. The summed E-state index contributed by atoms with van der Waals surface area (Å²) < 4.78 is 13.6. The molecule has 0 saturated carbocycles. The highest BCUT2D eigenvalue weighted by Gasteiger charge is 2.00. The van der Waals surface area contributed by atoms with Gasteiger partial charge in [0.15, 0.2) is 5.13 Å². The summed E-state index contributed by atoms with van der Waals surface area (Å²) in [7, 11) is 0. The molecule has 2 rings (SSSR count). The van der Waals surface area contributed by atoms with Crippen molar-refractivity contribution in [2.24, 2.45) is 0 Å². The summed E-state index contributed by atoms with van der Waals surface area (Å²) in [5.74, 6) is -0.259. The fourth-order valence-corrected chi connectivity index (χ4v) is 2.17. The van der Waals surface area contributed by atoms with Gasteiger partial charge in [-0.2, -0.15) is 0 Å². The molecule has 1 N–H and O–H groups in total. The summed E-state index contributed by atoms with van der Waals surface area (Å²) in [5, 5.41) is 5.60. The molecule has 2 aromatic rings. The predicted octanol–water partition coefficient (Wildman–Crippen LogP) is 3.79. The Bertz CT molecular complexity index is 444. The Morgan fingerprint density at radius 2 is 2.29 bits per heavy atom. The summed E-state index contributed by atoms with van der Waals surface area (Å²) in [6, 6.07) is 6.27. The first-order valence-corrected chi connectivity index (χ1v) is 5.55. The fourth-order valence-electron chi connectivity index (χ4n) is 1.00. The van der Waals surface area contributed by atoms with E-state index in [0.717, 1.165) is 9.73 Å². The number of nitrogens with one attached hydrogen (secondary N) is 1. The van der Waals surface area contributed by atoms with E-state index in [1.165, 1.54) is 23.5 Å². The topological polar surface area (TPSA) is 24.9 Å². The Morgan fingerprint density at radius 1 is 1.43 bits per heavy atom. The highest BCUT2D eigenvalue weighted by Crippen LogP contribution is 2.23. The molecule has 0 aliphatic carbocycles. The molecule has 0 radical (unpaired) electrons. The Hall–Kier alpha value is -0.940. The molecule has 0 bridgehead atoms. The molecule has 0 aliphatic rings. The Morgan fingerprint density at radius 3 is 2.93 bits per heavy atom. The molecule has 14 heavy (non-hydrogen) atoms. The Kier molecular flexibility index (Phi) is 2.79. The van der Waals surface area contributed by atoms with Crippen molar-refractivity contribution in [2.45, 2.75) is 0 Å². The van der Waals surface area contributed by atoms with Gasteiger partial charge in [0.2, 0.25) is 0 Å². The van der Waals surface area contributed by atoms with E-state index in [2.05, 4.69) is 26.2 Å². The van der Waals surface area contributed by atoms with Crippen molar-refractivity contribution in [1.29, 1.82) is 0 Å². The normalized spacial score (nSPS) is 10.1. The molecule has 1 aromatic heterocycles. The lowest BCUT2D eigenvalue weighted by molar-refractivity contribution is 0.628. The second-order valence-corrected chi connectivity index (χ2v) is 4.28. The van der Waals surface area contributed by atoms with Gasteiger partial charge in [-0.25, -0.2) is 9.37 Å². The zero-order valence-electron chi connectivity index (χ0n) is 7.00. The number of thiazole rings is 1. The molecule has 72 valence electrons. The first-order valence-electron chi connectivity index (χ1n) is 3.88. The van der Waals surface area contributed by atoms with E-state index in [9.17, 15) is 4.39 Å². The minimum atomic E-state index is -0.259. The summed E-state index contributed by atoms with van der Waals surface area (Å²) >= 11 is 4.70. The number of aromatic nitrogens is 1. The number of rotatable bonds is 2. The van der Waals surface area contributed by atoms with Crippen molar-refractivity contribution in [3.8, 4) is 0 Å². The van der Waals surface area contributed by atoms with Gasteiger partial charge >= 0.3 is 0 Å². The summed E-state index contributed by atoms with van der Waals surface area (Å²) in [6.07, 6.45) is 0. The van der Waals surface area contributed by atoms with Crippen LogP contribution in [0.15, 0.2) is 34.2 Å². The van der Waals surface area contributed by atoms with Crippen molar-refractivity contribution in [3.05, 3.63) is 40.1 Å². The lowest BCUT2D eigenvalue weighted by Crippen LogP contribution is -1.89. The van der Waals surface area contributed by atoms with Crippen LogP contribution in [0.2, 0.25) is 0 Å². The highest BCUT2D eigenvalue weighted by molar-refractivity contribution is 9.10. The van der Waals surface area contributed by atoms with Gasteiger partial charge < -0.3 is 5.32 Å². The van der Waals surface area contributed by atoms with Gasteiger partial charge in [-0.1, -0.05) is 6.07 Å². The van der Waals surface area contributed by atoms with E-state index in [0.29, 0.717) is 5.69 Å². The highest BCUT2D eigenvalue weighted by atomic mass is 79.9. The molecule has 0 unspecified atom stereocenters. The monoisotopic (exact) mass is 272 g/mol. The number of benzene rings is 1. The molecular formula is C9H6BrFN2S. The van der Waals surface area contributed by atoms with Gasteiger partial charge in [-0.05, 0) is 34.1 Å². The second-order valence-electron chi connectivity index (χ2n) is 2.61. The summed E-state index contributed by atoms with van der Waals surface area (Å²) in [4.78, 5) is 4.14. The quantitative estimate of drug-likeness (QED) is 0.900. The van der Waals surface area contributed by atoms with E-state index >= 15 is 0 Å². The molecule has 5 heteroatoms. The third-order valence-corrected chi connectivity index (χ3v) is 3.02. The van der Waals surface area contributed by atoms with Crippen molar-refractivity contribution >= 4 is 38.1 Å². The number of anilines is 2. The molecular weight excluding hydrogens is 267 g/mol. The average molecular weight is 273 g/mol. The van der Waals surface area contributed by atoms with Crippen LogP contribution in [0.1, 0.15) is 0 Å². The van der Waals surface area contributed by atoms with Crippen LogP contribution in [0.25, 0.3) is 0 Å². The van der Waals surface area contributed by atoms with Gasteiger partial charge in [0.25, 0.3) is 0 Å². The predicted molar refractivity (Wildman–Crippen MR) is 59.5 cm³/mol. The SMILES string of the molecule is Fc1cccc(Nc2nc(Br)cs2)c1. The largest absolute Gasteiger partial charge is 0.331 e. The van der Waals surface area contributed by atoms with Crippen molar-refractivity contribution in [3.63, 3.8) is 0 Å². The van der Waals surface area contributed by atoms with Crippen LogP contribution < -0.4 is 5.32 Å². The summed E-state index contributed by atoms with van der Waals surface area (Å²) in [5.41, 5.74) is 0.701. The maximum atomic E-state index is 12.8. The number of hydrogen-bond acceptors (Lipinski definition) is 3. The van der Waals surface area contributed by atoms with E-state index in [1.54, 1.807) is 12.1 Å². The zero-order valence-corrected chi connectivity index (χ0v) is 9.40. The van der Waals surface area contributed by atoms with Crippen molar-refractivity contribution < 1.29 is 4.39 Å². The third-order valence-electron chi connectivity index (χ3n) is 1.55. The minimum absolute atomic E-state index is 0.259. The molecule has 2 nitrogen and oxygen atoms in total. The average Bonchev–Trinajstić information content (AvgIpc) is 2.51. The van der Waals surface area contributed by atoms with Gasteiger partial charge in [0.1, 0.15) is 10.4 Å². The van der Waals surface area contributed by atoms with E-state index in [1.807, 2.05) is 5.38 Å². The van der Waals surface area contributed by atoms with E-state index in [-0.39, 0.29) is 5.82 Å². The molecule has 0 fully saturated rings. The molecule has 1 heterocycles. The minimum Gasteiger partial charge on any atom is -0.331 e. The summed E-state index contributed by atoms with van der Waals surface area (Å²) in [6.45, 7) is 0. The molecule has 1 aromatic carbocycles. The standard InChI is InChI=1S/C9H6BrFN2S/c10-8-5-14-9(13-8)12-7-3-1-2-6(11)4-7/h1-5H,(H,12,13). The van der Waals surface area contributed by atoms with Crippen LogP contribution in [0.4, 0.5) is 15.2 Å². The van der Waals surface area contributed by atoms with Gasteiger partial charge in [-0.3, -0.25) is 0 Å². The van der Waals surface area contributed by atoms with Crippen LogP contribution in [-0.2, 0) is 0 Å². The van der Waals surface area contributed by atoms with Crippen LogP contribution in [0.5, 0.6) is 0 Å². The molecule has 0 atom stereocenters. The number of halogens is 2. The Balaban J connectivity index is 2.18. The molecule has 0 saturated heterocycles. The van der Waals surface area contributed by atoms with Crippen LogP contribution in [0.3, 0.4) is 0 Å². The second kappa shape index (κ2) is 4.06. The molecule has 0 spiro atoms. The molecule has 0 amide bonds. The van der Waals surface area contributed by atoms with Crippen LogP contribution >= 0.6 is 27.3 Å². The Labute approximate surface area is 92.9 Å². The van der Waals surface area contributed by atoms with Gasteiger partial charge in [-0.15, -0.1) is 11.3 Å². The van der Waals surface area contributed by atoms with Crippen LogP contribution in [0, 0.1) is 5.82 Å². The van der Waals surface area contributed by atoms with Crippen molar-refractivity contribution in [2.75, 3.05) is 5.32 Å². The fraction of sp³-hybridized carbons (Fsp3) is 0. The van der Waals surface area contributed by atoms with E-state index in [4.69, 9.17) is 0 Å². The molecule has 0 aliphatic heterocycles. The van der Waals surface area contributed by atoms with Crippen LogP contribution in [-0.4, -0.2) is 4.98 Å². The van der Waals surface area contributed by atoms with E-state index < -0.39 is 0 Å². The zero-order chi connectivity index (χ0) is 9.97. The number of nitrogens with zero attached hydrogens (tertiary/aromatic N) is 1. The lowest BCUT2D eigenvalue weighted by atomic mass is 10.3. The smallest absolute Gasteiger partial charge is 0.188 e. The third kappa shape index (κ3) is 2.30.